The molecule has 0 bridgehead atoms. The van der Waals surface area contributed by atoms with Gasteiger partial charge in [-0.25, -0.2) is 4.79 Å². The normalized spacial score (nSPS) is 22.7. The zero-order valence-electron chi connectivity index (χ0n) is 18.1. The van der Waals surface area contributed by atoms with E-state index < -0.39 is 0 Å². The summed E-state index contributed by atoms with van der Waals surface area (Å²) in [6.07, 6.45) is 0.549. The number of fused-ring (bicyclic) bond motifs is 6. The van der Waals surface area contributed by atoms with E-state index in [2.05, 4.69) is 63.7 Å². The van der Waals surface area contributed by atoms with Crippen molar-refractivity contribution < 1.29 is 14.6 Å². The Balaban J connectivity index is 1.26. The summed E-state index contributed by atoms with van der Waals surface area (Å²) in [7, 11) is 0. The number of likely N-dealkylation sites (tertiary alicyclic amines) is 1. The van der Waals surface area contributed by atoms with Crippen molar-refractivity contribution in [2.45, 2.75) is 24.4 Å². The van der Waals surface area contributed by atoms with E-state index in [1.165, 1.54) is 22.3 Å². The second-order valence-corrected chi connectivity index (χ2v) is 9.98. The monoisotopic (exact) mass is 504 g/mol. The lowest BCUT2D eigenvalue weighted by Crippen LogP contribution is -2.43. The van der Waals surface area contributed by atoms with Crippen molar-refractivity contribution in [1.82, 2.24) is 4.90 Å². The first-order valence-electron chi connectivity index (χ1n) is 11.4. The number of benzene rings is 3. The lowest BCUT2D eigenvalue weighted by atomic mass is 9.83. The lowest BCUT2D eigenvalue weighted by molar-refractivity contribution is 0.0877. The Bertz CT molecular complexity index is 1180. The van der Waals surface area contributed by atoms with Crippen molar-refractivity contribution in [3.8, 4) is 11.1 Å². The average Bonchev–Trinajstić information content (AvgIpc) is 3.43. The molecule has 1 amide bonds. The first-order valence-corrected chi connectivity index (χ1v) is 12.2. The van der Waals surface area contributed by atoms with Crippen LogP contribution in [0.25, 0.3) is 11.1 Å². The summed E-state index contributed by atoms with van der Waals surface area (Å²) in [4.78, 5) is 15.2. The minimum atomic E-state index is -0.283. The van der Waals surface area contributed by atoms with Crippen LogP contribution in [0.1, 0.15) is 35.1 Å². The highest BCUT2D eigenvalue weighted by Gasteiger charge is 2.46. The summed E-state index contributed by atoms with van der Waals surface area (Å²) in [5, 5.41) is 13.4. The predicted molar refractivity (Wildman–Crippen MR) is 131 cm³/mol. The van der Waals surface area contributed by atoms with Gasteiger partial charge in [-0.1, -0.05) is 64.5 Å². The predicted octanol–water partition coefficient (Wildman–Crippen LogP) is 5.55. The maximum absolute atomic E-state index is 13.4. The number of ether oxygens (including phenoxy) is 1. The fourth-order valence-electron chi connectivity index (χ4n) is 5.92. The number of halogens is 1. The highest BCUT2D eigenvalue weighted by Crippen LogP contribution is 2.48. The maximum atomic E-state index is 13.4. The highest BCUT2D eigenvalue weighted by atomic mass is 79.9. The van der Waals surface area contributed by atoms with E-state index in [1.54, 1.807) is 0 Å². The van der Waals surface area contributed by atoms with Gasteiger partial charge in [0.05, 0.1) is 18.7 Å². The molecule has 6 heteroatoms. The van der Waals surface area contributed by atoms with Crippen LogP contribution in [0.5, 0.6) is 0 Å². The summed E-state index contributed by atoms with van der Waals surface area (Å²) < 4.78 is 6.95. The number of rotatable bonds is 3. The molecule has 1 fully saturated rings. The van der Waals surface area contributed by atoms with E-state index in [4.69, 9.17) is 4.74 Å². The molecule has 1 unspecified atom stereocenters. The van der Waals surface area contributed by atoms with E-state index in [-0.39, 0.29) is 36.6 Å². The molecule has 168 valence electrons. The highest BCUT2D eigenvalue weighted by molar-refractivity contribution is 9.10. The molecular formula is C27H25BrN2O3. The molecule has 3 aromatic carbocycles. The molecule has 1 aliphatic carbocycles. The number of amides is 1. The van der Waals surface area contributed by atoms with Crippen LogP contribution in [-0.4, -0.2) is 41.9 Å². The van der Waals surface area contributed by atoms with Crippen LogP contribution in [-0.2, 0) is 4.74 Å². The molecule has 33 heavy (non-hydrogen) atoms. The first kappa shape index (κ1) is 20.8. The number of hydrogen-bond donors (Lipinski definition) is 2. The maximum Gasteiger partial charge on any atom is 0.410 e. The molecule has 0 radical (unpaired) electrons. The van der Waals surface area contributed by atoms with Gasteiger partial charge in [0.25, 0.3) is 0 Å². The first-order chi connectivity index (χ1) is 16.2. The third-order valence-corrected chi connectivity index (χ3v) is 7.90. The Morgan fingerprint density at radius 1 is 1.03 bits per heavy atom. The van der Waals surface area contributed by atoms with Crippen molar-refractivity contribution in [2.24, 2.45) is 5.92 Å². The molecule has 3 aromatic rings. The Kier molecular flexibility index (Phi) is 5.15. The second kappa shape index (κ2) is 8.19. The number of anilines is 1. The zero-order valence-corrected chi connectivity index (χ0v) is 19.7. The largest absolute Gasteiger partial charge is 0.448 e. The summed E-state index contributed by atoms with van der Waals surface area (Å²) in [5.41, 5.74) is 6.91. The topological polar surface area (TPSA) is 61.8 Å². The van der Waals surface area contributed by atoms with Crippen LogP contribution in [0.4, 0.5) is 10.5 Å². The molecule has 0 saturated carbocycles. The molecule has 3 atom stereocenters. The van der Waals surface area contributed by atoms with Gasteiger partial charge >= 0.3 is 6.09 Å². The van der Waals surface area contributed by atoms with E-state index >= 15 is 0 Å². The quantitative estimate of drug-likeness (QED) is 0.490. The number of nitrogens with zero attached hydrogens (tertiary/aromatic N) is 1. The van der Waals surface area contributed by atoms with Crippen LogP contribution >= 0.6 is 15.9 Å². The molecule has 0 aromatic heterocycles. The fourth-order valence-corrected chi connectivity index (χ4v) is 6.29. The van der Waals surface area contributed by atoms with Crippen LogP contribution in [0.3, 0.4) is 0 Å². The standard InChI is InChI=1S/C27H25BrN2O3/c28-16-9-10-24-22(13-16)26-21(25(14-31)29-24)11-12-30(26)27(32)33-15-23-19-7-3-1-5-17(19)18-6-2-4-8-20(18)23/h1-10,13,21,23,25-26,29,31H,11-12,14-15H2/t21-,25+,26?/m1/s1. The van der Waals surface area contributed by atoms with Crippen LogP contribution < -0.4 is 5.32 Å². The van der Waals surface area contributed by atoms with Crippen molar-refractivity contribution in [3.63, 3.8) is 0 Å². The molecule has 1 saturated heterocycles. The Morgan fingerprint density at radius 2 is 1.73 bits per heavy atom. The van der Waals surface area contributed by atoms with Crippen molar-refractivity contribution in [1.29, 1.82) is 0 Å². The Labute approximate surface area is 201 Å². The number of aliphatic hydroxyl groups is 1. The molecule has 6 rings (SSSR count). The van der Waals surface area contributed by atoms with E-state index in [0.717, 1.165) is 22.1 Å². The van der Waals surface area contributed by atoms with Crippen LogP contribution in [0, 0.1) is 5.92 Å². The second-order valence-electron chi connectivity index (χ2n) is 9.06. The van der Waals surface area contributed by atoms with E-state index in [0.29, 0.717) is 13.2 Å². The number of carbonyl (C=O) groups excluding carboxylic acids is 1. The summed E-state index contributed by atoms with van der Waals surface area (Å²) in [5.74, 6) is 0.191. The molecule has 2 heterocycles. The van der Waals surface area contributed by atoms with Gasteiger partial charge in [-0.05, 0) is 52.4 Å². The fraction of sp³-hybridized carbons (Fsp3) is 0.296. The molecule has 2 N–H and O–H groups in total. The third kappa shape index (κ3) is 3.35. The molecule has 5 nitrogen and oxygen atoms in total. The minimum absolute atomic E-state index is 0.0369. The van der Waals surface area contributed by atoms with Gasteiger partial charge in [-0.2, -0.15) is 0 Å². The van der Waals surface area contributed by atoms with Gasteiger partial charge in [-0.15, -0.1) is 0 Å². The summed E-state index contributed by atoms with van der Waals surface area (Å²) >= 11 is 3.57. The van der Waals surface area contributed by atoms with Crippen molar-refractivity contribution >= 4 is 27.7 Å². The van der Waals surface area contributed by atoms with E-state index in [1.807, 2.05) is 29.2 Å². The van der Waals surface area contributed by atoms with Crippen molar-refractivity contribution in [3.05, 3.63) is 87.9 Å². The third-order valence-electron chi connectivity index (χ3n) is 7.40. The molecule has 3 aliphatic rings. The van der Waals surface area contributed by atoms with Crippen molar-refractivity contribution in [2.75, 3.05) is 25.1 Å². The Morgan fingerprint density at radius 3 is 2.42 bits per heavy atom. The molecule has 2 aliphatic heterocycles. The van der Waals surface area contributed by atoms with Crippen LogP contribution in [0.2, 0.25) is 0 Å². The minimum Gasteiger partial charge on any atom is -0.448 e. The smallest absolute Gasteiger partial charge is 0.410 e. The Hall–Kier alpha value is -2.83. The number of carbonyl (C=O) groups is 1. The van der Waals surface area contributed by atoms with Gasteiger partial charge < -0.3 is 20.1 Å². The number of aliphatic hydroxyl groups excluding tert-OH is 1. The van der Waals surface area contributed by atoms with Gasteiger partial charge in [-0.3, -0.25) is 0 Å². The SMILES string of the molecule is O=C(OCC1c2ccccc2-c2ccccc21)N1CC[C@H]2C1c1cc(Br)ccc1N[C@H]2CO. The number of hydrogen-bond acceptors (Lipinski definition) is 4. The lowest BCUT2D eigenvalue weighted by Gasteiger charge is -2.38. The van der Waals surface area contributed by atoms with Gasteiger partial charge in [0.2, 0.25) is 0 Å². The number of nitrogens with one attached hydrogen (secondary N) is 1. The van der Waals surface area contributed by atoms with Gasteiger partial charge in [0, 0.05) is 28.5 Å². The van der Waals surface area contributed by atoms with E-state index in [9.17, 15) is 9.90 Å². The molecular weight excluding hydrogens is 480 g/mol. The average molecular weight is 505 g/mol. The summed E-state index contributed by atoms with van der Waals surface area (Å²) in [6.45, 7) is 0.971. The summed E-state index contributed by atoms with van der Waals surface area (Å²) in [6, 6.07) is 22.6. The zero-order chi connectivity index (χ0) is 22.5. The molecule has 0 spiro atoms. The van der Waals surface area contributed by atoms with Gasteiger partial charge in [0.15, 0.2) is 0 Å². The van der Waals surface area contributed by atoms with Gasteiger partial charge in [0.1, 0.15) is 6.61 Å². The van der Waals surface area contributed by atoms with Crippen LogP contribution in [0.15, 0.2) is 71.2 Å².